The van der Waals surface area contributed by atoms with E-state index in [1.54, 1.807) is 0 Å². The number of unbranched alkanes of at least 4 members (excludes halogenated alkanes) is 1. The van der Waals surface area contributed by atoms with Crippen molar-refractivity contribution in [2.75, 3.05) is 0 Å². The number of imidazole rings is 1. The number of aromatic nitrogens is 2. The van der Waals surface area contributed by atoms with E-state index >= 15 is 0 Å². The zero-order valence-electron chi connectivity index (χ0n) is 14.7. The van der Waals surface area contributed by atoms with Gasteiger partial charge in [0.05, 0.1) is 13.6 Å². The molecule has 3 rings (SSSR count). The molecular formula is C20H26N2O2. The van der Waals surface area contributed by atoms with Gasteiger partial charge in [0.15, 0.2) is 0 Å². The fourth-order valence-electron chi connectivity index (χ4n) is 2.11. The smallest absolute Gasteiger partial charge is 0.243 e. The number of hydrogen-bond donors (Lipinski definition) is 0. The maximum atomic E-state index is 8.89. The largest absolute Gasteiger partial charge is 0.550 e. The number of carbonyl (C=O) groups is 1. The molecule has 0 fully saturated rings. The van der Waals surface area contributed by atoms with E-state index in [0.29, 0.717) is 0 Å². The summed E-state index contributed by atoms with van der Waals surface area (Å²) in [5.41, 5.74) is 0. The summed E-state index contributed by atoms with van der Waals surface area (Å²) < 4.78 is 4.28. The van der Waals surface area contributed by atoms with E-state index in [1.807, 2.05) is 7.05 Å². The highest BCUT2D eigenvalue weighted by molar-refractivity contribution is 5.81. The molecule has 128 valence electrons. The monoisotopic (exact) mass is 326 g/mol. The van der Waals surface area contributed by atoms with Gasteiger partial charge in [-0.2, -0.15) is 0 Å². The zero-order chi connectivity index (χ0) is 17.8. The van der Waals surface area contributed by atoms with Crippen LogP contribution < -0.4 is 9.67 Å². The lowest BCUT2D eigenvalue weighted by molar-refractivity contribution is -0.671. The first-order valence-electron chi connectivity index (χ1n) is 8.15. The minimum absolute atomic E-state index is 0.972. The number of benzene rings is 2. The molecule has 3 aromatic rings. The van der Waals surface area contributed by atoms with Crippen molar-refractivity contribution in [2.45, 2.75) is 33.2 Å². The van der Waals surface area contributed by atoms with E-state index in [0.717, 1.165) is 13.5 Å². The summed E-state index contributed by atoms with van der Waals surface area (Å²) in [6.45, 7) is 4.33. The molecular weight excluding hydrogens is 300 g/mol. The maximum absolute atomic E-state index is 8.89. The van der Waals surface area contributed by atoms with E-state index in [4.69, 9.17) is 9.90 Å². The Morgan fingerprint density at radius 2 is 1.54 bits per heavy atom. The predicted molar refractivity (Wildman–Crippen MR) is 95.1 cm³/mol. The van der Waals surface area contributed by atoms with Crippen LogP contribution in [0.2, 0.25) is 0 Å². The molecule has 0 saturated carbocycles. The lowest BCUT2D eigenvalue weighted by Crippen LogP contribution is -2.23. The number of hydrogen-bond acceptors (Lipinski definition) is 2. The van der Waals surface area contributed by atoms with E-state index in [1.165, 1.54) is 23.6 Å². The van der Waals surface area contributed by atoms with Crippen molar-refractivity contribution in [3.8, 4) is 0 Å². The number of fused-ring (bicyclic) bond motifs is 1. The summed E-state index contributed by atoms with van der Waals surface area (Å²) in [6.07, 6.45) is 8.82. The molecule has 24 heavy (non-hydrogen) atoms. The summed E-state index contributed by atoms with van der Waals surface area (Å²) in [5, 5.41) is 11.5. The van der Waals surface area contributed by atoms with Crippen molar-refractivity contribution >= 4 is 16.7 Å². The highest BCUT2D eigenvalue weighted by Gasteiger charge is 1.96. The Bertz CT molecular complexity index is 666. The topological polar surface area (TPSA) is 48.9 Å². The van der Waals surface area contributed by atoms with Crippen molar-refractivity contribution in [1.82, 2.24) is 4.57 Å². The Hall–Kier alpha value is -2.62. The van der Waals surface area contributed by atoms with Gasteiger partial charge in [-0.25, -0.2) is 9.13 Å². The number of aliphatic carboxylic acids is 1. The second kappa shape index (κ2) is 11.0. The number of nitrogens with zero attached hydrogens (tertiary/aromatic N) is 2. The van der Waals surface area contributed by atoms with Crippen LogP contribution in [-0.4, -0.2) is 10.5 Å². The third-order valence-electron chi connectivity index (χ3n) is 3.25. The number of carbonyl (C=O) groups excluding carboxylic acids is 1. The normalized spacial score (nSPS) is 9.46. The van der Waals surface area contributed by atoms with Gasteiger partial charge in [-0.15, -0.1) is 0 Å². The molecule has 0 aliphatic rings. The molecule has 0 radical (unpaired) electrons. The Labute approximate surface area is 144 Å². The molecule has 0 unspecified atom stereocenters. The van der Waals surface area contributed by atoms with Gasteiger partial charge in [0.25, 0.3) is 0 Å². The van der Waals surface area contributed by atoms with E-state index < -0.39 is 5.97 Å². The second-order valence-corrected chi connectivity index (χ2v) is 5.51. The first-order chi connectivity index (χ1) is 11.5. The average Bonchev–Trinajstić information content (AvgIpc) is 2.98. The van der Waals surface area contributed by atoms with Crippen molar-refractivity contribution in [1.29, 1.82) is 0 Å². The van der Waals surface area contributed by atoms with Gasteiger partial charge in [0.1, 0.15) is 12.4 Å². The number of rotatable bonds is 3. The van der Waals surface area contributed by atoms with Gasteiger partial charge in [0, 0.05) is 5.97 Å². The fourth-order valence-corrected chi connectivity index (χ4v) is 2.11. The molecule has 1 aromatic heterocycles. The Morgan fingerprint density at radius 3 is 1.88 bits per heavy atom. The summed E-state index contributed by atoms with van der Waals surface area (Å²) in [5.74, 6) is -1.08. The molecule has 2 aromatic carbocycles. The SMILES string of the molecule is CC(=O)[O-].CCCCn1cc[n+](C)c1.c1ccc2ccccc2c1. The summed E-state index contributed by atoms with van der Waals surface area (Å²) >= 11 is 0. The Balaban J connectivity index is 0.000000198. The third-order valence-corrected chi connectivity index (χ3v) is 3.25. The van der Waals surface area contributed by atoms with Gasteiger partial charge < -0.3 is 9.90 Å². The van der Waals surface area contributed by atoms with Gasteiger partial charge >= 0.3 is 0 Å². The molecule has 0 spiro atoms. The first kappa shape index (κ1) is 19.4. The van der Waals surface area contributed by atoms with E-state index in [2.05, 4.69) is 83.3 Å². The van der Waals surface area contributed by atoms with Crippen molar-refractivity contribution in [3.05, 3.63) is 67.3 Å². The van der Waals surface area contributed by atoms with Crippen LogP contribution >= 0.6 is 0 Å². The van der Waals surface area contributed by atoms with Crippen molar-refractivity contribution in [3.63, 3.8) is 0 Å². The average molecular weight is 326 g/mol. The summed E-state index contributed by atoms with van der Waals surface area (Å²) in [6, 6.07) is 16.7. The van der Waals surface area contributed by atoms with Crippen LogP contribution in [0, 0.1) is 0 Å². The van der Waals surface area contributed by atoms with Crippen LogP contribution in [0.25, 0.3) is 10.8 Å². The number of aryl methyl sites for hydroxylation is 2. The molecule has 0 amide bonds. The van der Waals surface area contributed by atoms with Gasteiger partial charge in [-0.3, -0.25) is 0 Å². The quantitative estimate of drug-likeness (QED) is 0.695. The zero-order valence-corrected chi connectivity index (χ0v) is 14.7. The fraction of sp³-hybridized carbons (Fsp3) is 0.300. The van der Waals surface area contributed by atoms with Crippen molar-refractivity contribution in [2.24, 2.45) is 7.05 Å². The Morgan fingerprint density at radius 1 is 1.08 bits per heavy atom. The number of carboxylic acid groups (broad SMARTS) is 1. The molecule has 1 heterocycles. The van der Waals surface area contributed by atoms with Crippen molar-refractivity contribution < 1.29 is 14.5 Å². The standard InChI is InChI=1S/C10H8.C8H15N2.C2H4O2/c1-2-6-10-8-4-3-7-9(10)5-1;1-3-4-5-10-7-6-9(2)8-10;1-2(3)4/h1-8H;6-8H,3-5H2,1-2H3;1H3,(H,3,4)/q;+1;/p-1. The summed E-state index contributed by atoms with van der Waals surface area (Å²) in [7, 11) is 2.04. The highest BCUT2D eigenvalue weighted by Crippen LogP contribution is 2.11. The summed E-state index contributed by atoms with van der Waals surface area (Å²) in [4.78, 5) is 8.89. The molecule has 0 saturated heterocycles. The van der Waals surface area contributed by atoms with Crippen LogP contribution in [0.3, 0.4) is 0 Å². The van der Waals surface area contributed by atoms with Crippen LogP contribution in [0.4, 0.5) is 0 Å². The molecule has 4 heteroatoms. The lowest BCUT2D eigenvalue weighted by atomic mass is 10.1. The van der Waals surface area contributed by atoms with Gasteiger partial charge in [-0.05, 0) is 24.1 Å². The molecule has 0 aliphatic heterocycles. The van der Waals surface area contributed by atoms with Crippen LogP contribution in [-0.2, 0) is 18.4 Å². The highest BCUT2D eigenvalue weighted by atomic mass is 16.4. The maximum Gasteiger partial charge on any atom is 0.243 e. The molecule has 0 bridgehead atoms. The third kappa shape index (κ3) is 8.13. The minimum Gasteiger partial charge on any atom is -0.550 e. The number of carboxylic acids is 1. The van der Waals surface area contributed by atoms with Gasteiger partial charge in [0.2, 0.25) is 6.33 Å². The van der Waals surface area contributed by atoms with E-state index in [9.17, 15) is 0 Å². The predicted octanol–water partition coefficient (Wildman–Crippen LogP) is 2.71. The molecule has 0 N–H and O–H groups in total. The lowest BCUT2D eigenvalue weighted by Gasteiger charge is -1.92. The molecule has 0 atom stereocenters. The van der Waals surface area contributed by atoms with Crippen LogP contribution in [0.15, 0.2) is 67.3 Å². The van der Waals surface area contributed by atoms with Gasteiger partial charge in [-0.1, -0.05) is 61.9 Å². The van der Waals surface area contributed by atoms with Crippen LogP contribution in [0.5, 0.6) is 0 Å². The first-order valence-corrected chi connectivity index (χ1v) is 8.15. The molecule has 0 aliphatic carbocycles. The second-order valence-electron chi connectivity index (χ2n) is 5.51. The minimum atomic E-state index is -1.08. The van der Waals surface area contributed by atoms with E-state index in [-0.39, 0.29) is 0 Å². The molecule has 4 nitrogen and oxygen atoms in total. The van der Waals surface area contributed by atoms with Crippen LogP contribution in [0.1, 0.15) is 26.7 Å². The Kier molecular flexibility index (Phi) is 8.90.